The first kappa shape index (κ1) is 23.8. The number of hydrogen-bond acceptors (Lipinski definition) is 8. The van der Waals surface area contributed by atoms with E-state index in [-0.39, 0.29) is 16.0 Å². The molecule has 2 aromatic carbocycles. The molecule has 1 unspecified atom stereocenters. The molecule has 3 aromatic rings. The van der Waals surface area contributed by atoms with Crippen molar-refractivity contribution in [2.75, 3.05) is 36.3 Å². The lowest BCUT2D eigenvalue weighted by Gasteiger charge is -2.31. The van der Waals surface area contributed by atoms with E-state index in [0.717, 1.165) is 17.1 Å². The zero-order valence-corrected chi connectivity index (χ0v) is 19.9. The van der Waals surface area contributed by atoms with Gasteiger partial charge in [0.25, 0.3) is 0 Å². The third kappa shape index (κ3) is 6.34. The summed E-state index contributed by atoms with van der Waals surface area (Å²) in [7, 11) is 0.210. The number of nitrogens with zero attached hydrogens (tertiary/aromatic N) is 3. The van der Waals surface area contributed by atoms with Crippen LogP contribution in [-0.4, -0.2) is 47.0 Å². The molecular weight excluding hydrogens is 503 g/mol. The second-order valence-electron chi connectivity index (χ2n) is 7.14. The number of anilines is 2. The average Bonchev–Trinajstić information content (AvgIpc) is 3.23. The van der Waals surface area contributed by atoms with E-state index in [4.69, 9.17) is 14.5 Å². The van der Waals surface area contributed by atoms with Crippen molar-refractivity contribution in [2.45, 2.75) is 5.75 Å². The highest BCUT2D eigenvalue weighted by Gasteiger charge is 2.19. The maximum absolute atomic E-state index is 13.4. The van der Waals surface area contributed by atoms with Crippen molar-refractivity contribution in [2.24, 2.45) is 10.3 Å². The van der Waals surface area contributed by atoms with Gasteiger partial charge >= 0.3 is 0 Å². The number of aromatic nitrogens is 2. The first-order valence-electron chi connectivity index (χ1n) is 9.46. The predicted octanol–water partition coefficient (Wildman–Crippen LogP) is 4.15. The summed E-state index contributed by atoms with van der Waals surface area (Å²) in [4.78, 5) is 0. The SMILES string of the molecule is COc1ccc(CS(C)(N)CCNc2nonc2/C(=N/O)Nc2ccc(F)c(Br)c2)cc1. The molecule has 0 saturated carbocycles. The Morgan fingerprint density at radius 3 is 2.69 bits per heavy atom. The Hall–Kier alpha value is -2.83. The molecule has 0 spiro atoms. The van der Waals surface area contributed by atoms with Gasteiger partial charge < -0.3 is 20.6 Å². The number of nitrogens with two attached hydrogens (primary N) is 1. The maximum atomic E-state index is 13.4. The molecule has 3 rings (SSSR count). The smallest absolute Gasteiger partial charge is 0.203 e. The minimum atomic E-state index is -1.42. The van der Waals surface area contributed by atoms with Crippen molar-refractivity contribution in [3.63, 3.8) is 0 Å². The highest BCUT2D eigenvalue weighted by molar-refractivity contribution is 9.10. The number of hydrogen-bond donors (Lipinski definition) is 4. The number of rotatable bonds is 9. The van der Waals surface area contributed by atoms with Crippen molar-refractivity contribution in [3.8, 4) is 5.75 Å². The van der Waals surface area contributed by atoms with Gasteiger partial charge in [-0.3, -0.25) is 5.14 Å². The third-order valence-corrected chi connectivity index (χ3v) is 7.25. The lowest BCUT2D eigenvalue weighted by atomic mass is 10.2. The van der Waals surface area contributed by atoms with E-state index in [1.165, 1.54) is 18.2 Å². The van der Waals surface area contributed by atoms with Crippen molar-refractivity contribution in [1.82, 2.24) is 10.3 Å². The van der Waals surface area contributed by atoms with Crippen LogP contribution in [0.3, 0.4) is 0 Å². The number of nitrogens with one attached hydrogen (secondary N) is 2. The van der Waals surface area contributed by atoms with E-state index in [1.807, 2.05) is 24.3 Å². The van der Waals surface area contributed by atoms with Gasteiger partial charge in [-0.05, 0) is 68.4 Å². The molecule has 32 heavy (non-hydrogen) atoms. The summed E-state index contributed by atoms with van der Waals surface area (Å²) in [6.07, 6.45) is 2.05. The zero-order valence-electron chi connectivity index (χ0n) is 17.5. The summed E-state index contributed by atoms with van der Waals surface area (Å²) < 4.78 is 23.7. The van der Waals surface area contributed by atoms with Gasteiger partial charge in [0.05, 0.1) is 11.6 Å². The van der Waals surface area contributed by atoms with Crippen LogP contribution in [0, 0.1) is 5.82 Å². The van der Waals surface area contributed by atoms with Crippen molar-refractivity contribution in [1.29, 1.82) is 0 Å². The fourth-order valence-electron chi connectivity index (χ4n) is 2.88. The van der Waals surface area contributed by atoms with Gasteiger partial charge in [-0.15, -0.1) is 0 Å². The topological polar surface area (TPSA) is 131 Å². The number of benzene rings is 2. The number of halogens is 2. The van der Waals surface area contributed by atoms with E-state index in [0.29, 0.717) is 23.8 Å². The van der Waals surface area contributed by atoms with Gasteiger partial charge in [-0.25, -0.2) is 9.02 Å². The standard InChI is InChI=1S/C20H24BrFN6O3S/c1-30-15-6-3-13(4-7-15)12-32(2,23)10-9-24-19-18(27-31-28-19)20(26-29)25-14-5-8-17(22)16(21)11-14/h3-8,11,29H,9-10,12,23H2,1-2H3,(H,24,28)(H,25,26). The van der Waals surface area contributed by atoms with Gasteiger partial charge in [0, 0.05) is 23.7 Å². The monoisotopic (exact) mass is 526 g/mol. The van der Waals surface area contributed by atoms with Crippen molar-refractivity contribution < 1.29 is 19.0 Å². The summed E-state index contributed by atoms with van der Waals surface area (Å²) in [5.74, 6) is 2.14. The number of oxime groups is 1. The molecule has 0 fully saturated rings. The molecular formula is C20H24BrFN6O3S. The summed E-state index contributed by atoms with van der Waals surface area (Å²) in [6.45, 7) is 0.514. The fourth-order valence-corrected chi connectivity index (χ4v) is 4.92. The lowest BCUT2D eigenvalue weighted by molar-refractivity contribution is 0.305. The first-order chi connectivity index (χ1) is 15.3. The molecule has 1 atom stereocenters. The Morgan fingerprint density at radius 2 is 2.03 bits per heavy atom. The van der Waals surface area contributed by atoms with Crippen molar-refractivity contribution >= 4 is 43.5 Å². The molecule has 0 bridgehead atoms. The minimum Gasteiger partial charge on any atom is -0.497 e. The summed E-state index contributed by atoms with van der Waals surface area (Å²) in [6, 6.07) is 12.1. The van der Waals surface area contributed by atoms with E-state index in [2.05, 4.69) is 48.3 Å². The largest absolute Gasteiger partial charge is 0.497 e. The second-order valence-corrected chi connectivity index (χ2v) is 11.4. The fraction of sp³-hybridized carbons (Fsp3) is 0.250. The molecule has 0 amide bonds. The van der Waals surface area contributed by atoms with Crippen LogP contribution in [0.1, 0.15) is 11.3 Å². The highest BCUT2D eigenvalue weighted by Crippen LogP contribution is 2.39. The number of amidine groups is 1. The highest BCUT2D eigenvalue weighted by atomic mass is 79.9. The predicted molar refractivity (Wildman–Crippen MR) is 128 cm³/mol. The van der Waals surface area contributed by atoms with Crippen molar-refractivity contribution in [3.05, 3.63) is 64.0 Å². The number of ether oxygens (including phenoxy) is 1. The zero-order chi connectivity index (χ0) is 23.1. The molecule has 0 aliphatic carbocycles. The molecule has 0 aliphatic heterocycles. The third-order valence-electron chi connectivity index (χ3n) is 4.51. The van der Waals surface area contributed by atoms with Crippen LogP contribution in [0.5, 0.6) is 5.75 Å². The van der Waals surface area contributed by atoms with Crippen LogP contribution in [-0.2, 0) is 5.75 Å². The van der Waals surface area contributed by atoms with E-state index >= 15 is 0 Å². The number of methoxy groups -OCH3 is 1. The molecule has 0 radical (unpaired) electrons. The normalized spacial score (nSPS) is 14.5. The van der Waals surface area contributed by atoms with E-state index in [9.17, 15) is 9.60 Å². The van der Waals surface area contributed by atoms with E-state index < -0.39 is 16.0 Å². The summed E-state index contributed by atoms with van der Waals surface area (Å²) >= 11 is 3.11. The molecule has 12 heteroatoms. The molecule has 1 aromatic heterocycles. The van der Waals surface area contributed by atoms with Gasteiger partial charge in [0.2, 0.25) is 11.7 Å². The van der Waals surface area contributed by atoms with E-state index in [1.54, 1.807) is 7.11 Å². The summed E-state index contributed by atoms with van der Waals surface area (Å²) in [5, 5.41) is 32.8. The van der Waals surface area contributed by atoms with Crippen LogP contribution < -0.4 is 20.5 Å². The van der Waals surface area contributed by atoms with Gasteiger partial charge in [-0.2, -0.15) is 10.2 Å². The van der Waals surface area contributed by atoms with Gasteiger partial charge in [-0.1, -0.05) is 17.3 Å². The minimum absolute atomic E-state index is 0.00616. The first-order valence-corrected chi connectivity index (χ1v) is 12.7. The Balaban J connectivity index is 1.60. The summed E-state index contributed by atoms with van der Waals surface area (Å²) in [5.41, 5.74) is 1.80. The molecule has 172 valence electrons. The average molecular weight is 527 g/mol. The molecule has 0 aliphatic rings. The Morgan fingerprint density at radius 1 is 1.28 bits per heavy atom. The maximum Gasteiger partial charge on any atom is 0.203 e. The molecule has 5 N–H and O–H groups in total. The molecule has 0 saturated heterocycles. The van der Waals surface area contributed by atoms with Gasteiger partial charge in [0.15, 0.2) is 5.69 Å². The van der Waals surface area contributed by atoms with Crippen LogP contribution in [0.15, 0.2) is 56.7 Å². The Kier molecular flexibility index (Phi) is 7.94. The molecule has 9 nitrogen and oxygen atoms in total. The Labute approximate surface area is 194 Å². The van der Waals surface area contributed by atoms with Gasteiger partial charge in [0.1, 0.15) is 11.6 Å². The van der Waals surface area contributed by atoms with Crippen LogP contribution in [0.2, 0.25) is 0 Å². The quantitative estimate of drug-likeness (QED) is 0.141. The lowest BCUT2D eigenvalue weighted by Crippen LogP contribution is -2.22. The van der Waals surface area contributed by atoms with Crippen LogP contribution in [0.25, 0.3) is 0 Å². The van der Waals surface area contributed by atoms with Crippen LogP contribution in [0.4, 0.5) is 15.9 Å². The Bertz CT molecular complexity index is 1080. The second kappa shape index (κ2) is 10.7. The molecule has 1 heterocycles. The van der Waals surface area contributed by atoms with Crippen LogP contribution >= 0.6 is 26.1 Å².